The van der Waals surface area contributed by atoms with Crippen LogP contribution in [0, 0.1) is 5.92 Å². The topological polar surface area (TPSA) is 108 Å². The van der Waals surface area contributed by atoms with Crippen LogP contribution in [-0.2, 0) is 16.1 Å². The average Bonchev–Trinajstić information content (AvgIpc) is 3.41. The van der Waals surface area contributed by atoms with Gasteiger partial charge in [0.05, 0.1) is 11.1 Å². The summed E-state index contributed by atoms with van der Waals surface area (Å²) in [6.07, 6.45) is 5.15. The zero-order valence-electron chi connectivity index (χ0n) is 16.8. The van der Waals surface area contributed by atoms with Crippen LogP contribution in [0.4, 0.5) is 0 Å². The summed E-state index contributed by atoms with van der Waals surface area (Å²) >= 11 is 0. The normalized spacial score (nSPS) is 27.4. The van der Waals surface area contributed by atoms with Gasteiger partial charge >= 0.3 is 0 Å². The Morgan fingerprint density at radius 3 is 2.70 bits per heavy atom. The van der Waals surface area contributed by atoms with Gasteiger partial charge in [-0.3, -0.25) is 29.4 Å². The summed E-state index contributed by atoms with van der Waals surface area (Å²) in [6, 6.07) is 4.34. The molecule has 8 heteroatoms. The fourth-order valence-electron chi connectivity index (χ4n) is 5.12. The standard InChI is InChI=1S/C22H26N4O4/c27-17-5-4-16(19(28)25-17)26-20(29)15-3-1-2-14(18(15)21(26)30)12-23-11-13-6-9-24-22(10-13)7-8-22/h1-3,13,16,23-24H,4-12H2,(H,25,27,28). The molecule has 1 aromatic rings. The number of amides is 4. The van der Waals surface area contributed by atoms with E-state index in [1.807, 2.05) is 6.07 Å². The molecular formula is C22H26N4O4. The number of nitrogens with zero attached hydrogens (tertiary/aromatic N) is 1. The summed E-state index contributed by atoms with van der Waals surface area (Å²) in [6.45, 7) is 2.44. The first kappa shape index (κ1) is 19.4. The first-order valence-corrected chi connectivity index (χ1v) is 10.8. The molecule has 5 rings (SSSR count). The molecule has 2 saturated heterocycles. The van der Waals surface area contributed by atoms with Crippen molar-refractivity contribution in [2.45, 2.75) is 56.7 Å². The van der Waals surface area contributed by atoms with Gasteiger partial charge in [0.2, 0.25) is 11.8 Å². The van der Waals surface area contributed by atoms with E-state index in [1.54, 1.807) is 12.1 Å². The number of benzene rings is 1. The van der Waals surface area contributed by atoms with Gasteiger partial charge in [0.1, 0.15) is 6.04 Å². The Morgan fingerprint density at radius 1 is 1.10 bits per heavy atom. The van der Waals surface area contributed by atoms with Crippen LogP contribution in [0.2, 0.25) is 0 Å². The molecule has 3 N–H and O–H groups in total. The van der Waals surface area contributed by atoms with Crippen molar-refractivity contribution >= 4 is 23.6 Å². The first-order chi connectivity index (χ1) is 14.5. The number of imide groups is 2. The van der Waals surface area contributed by atoms with E-state index >= 15 is 0 Å². The van der Waals surface area contributed by atoms with Crippen LogP contribution < -0.4 is 16.0 Å². The number of fused-ring (bicyclic) bond motifs is 1. The molecule has 3 fully saturated rings. The van der Waals surface area contributed by atoms with Gasteiger partial charge in [-0.25, -0.2) is 0 Å². The van der Waals surface area contributed by atoms with Gasteiger partial charge in [-0.1, -0.05) is 12.1 Å². The molecule has 0 bridgehead atoms. The van der Waals surface area contributed by atoms with E-state index in [9.17, 15) is 19.2 Å². The second-order valence-corrected chi connectivity index (χ2v) is 8.98. The summed E-state index contributed by atoms with van der Waals surface area (Å²) in [5, 5.41) is 9.33. The number of nitrogens with one attached hydrogen (secondary N) is 3. The molecular weight excluding hydrogens is 384 g/mol. The Kier molecular flexibility index (Phi) is 4.71. The number of piperidine rings is 2. The smallest absolute Gasteiger partial charge is 0.262 e. The Balaban J connectivity index is 1.28. The molecule has 2 atom stereocenters. The van der Waals surface area contributed by atoms with E-state index < -0.39 is 23.8 Å². The van der Waals surface area contributed by atoms with Gasteiger partial charge < -0.3 is 10.6 Å². The maximum Gasteiger partial charge on any atom is 0.262 e. The largest absolute Gasteiger partial charge is 0.312 e. The monoisotopic (exact) mass is 410 g/mol. The van der Waals surface area contributed by atoms with E-state index in [0.717, 1.165) is 30.0 Å². The van der Waals surface area contributed by atoms with Crippen LogP contribution in [0.1, 0.15) is 64.8 Å². The first-order valence-electron chi connectivity index (χ1n) is 10.8. The molecule has 8 nitrogen and oxygen atoms in total. The molecule has 158 valence electrons. The molecule has 4 aliphatic rings. The number of carbonyl (C=O) groups is 4. The Labute approximate surface area is 174 Å². The Bertz CT molecular complexity index is 939. The molecule has 1 saturated carbocycles. The molecule has 0 aromatic heterocycles. The minimum Gasteiger partial charge on any atom is -0.312 e. The van der Waals surface area contributed by atoms with Gasteiger partial charge in [-0.2, -0.15) is 0 Å². The van der Waals surface area contributed by atoms with Crippen LogP contribution in [0.3, 0.4) is 0 Å². The number of rotatable bonds is 5. The zero-order chi connectivity index (χ0) is 20.9. The number of hydrogen-bond donors (Lipinski definition) is 3. The third-order valence-corrected chi connectivity index (χ3v) is 6.89. The van der Waals surface area contributed by atoms with Crippen molar-refractivity contribution in [3.63, 3.8) is 0 Å². The lowest BCUT2D eigenvalue weighted by molar-refractivity contribution is -0.136. The van der Waals surface area contributed by atoms with Crippen molar-refractivity contribution in [3.05, 3.63) is 34.9 Å². The van der Waals surface area contributed by atoms with E-state index in [4.69, 9.17) is 0 Å². The Hall–Kier alpha value is -2.58. The quantitative estimate of drug-likeness (QED) is 0.617. The summed E-state index contributed by atoms with van der Waals surface area (Å²) in [5.74, 6) is -1.24. The maximum atomic E-state index is 13.1. The summed E-state index contributed by atoms with van der Waals surface area (Å²) in [5.41, 5.74) is 1.87. The second kappa shape index (κ2) is 7.28. The molecule has 0 radical (unpaired) electrons. The van der Waals surface area contributed by atoms with Crippen molar-refractivity contribution in [1.29, 1.82) is 0 Å². The van der Waals surface area contributed by atoms with Gasteiger partial charge in [-0.05, 0) is 62.7 Å². The molecule has 30 heavy (non-hydrogen) atoms. The lowest BCUT2D eigenvalue weighted by atomic mass is 9.90. The van der Waals surface area contributed by atoms with E-state index in [0.29, 0.717) is 29.1 Å². The van der Waals surface area contributed by atoms with Gasteiger partial charge in [0.15, 0.2) is 0 Å². The zero-order valence-corrected chi connectivity index (χ0v) is 16.8. The Morgan fingerprint density at radius 2 is 1.93 bits per heavy atom. The van der Waals surface area contributed by atoms with Crippen molar-refractivity contribution < 1.29 is 19.2 Å². The van der Waals surface area contributed by atoms with Crippen molar-refractivity contribution in [1.82, 2.24) is 20.9 Å². The van der Waals surface area contributed by atoms with Crippen LogP contribution in [0.5, 0.6) is 0 Å². The SMILES string of the molecule is O=C1CCC(N2C(=O)c3cccc(CNCC4CCNC5(CC5)C4)c3C2=O)C(=O)N1. The third kappa shape index (κ3) is 3.33. The molecule has 4 amide bonds. The summed E-state index contributed by atoms with van der Waals surface area (Å²) in [4.78, 5) is 50.7. The predicted octanol–water partition coefficient (Wildman–Crippen LogP) is 0.710. The van der Waals surface area contributed by atoms with Gasteiger partial charge in [0.25, 0.3) is 11.8 Å². The lowest BCUT2D eigenvalue weighted by Crippen LogP contribution is -2.54. The van der Waals surface area contributed by atoms with Crippen molar-refractivity contribution in [2.24, 2.45) is 5.92 Å². The molecule has 2 unspecified atom stereocenters. The predicted molar refractivity (Wildman–Crippen MR) is 108 cm³/mol. The number of carbonyl (C=O) groups excluding carboxylic acids is 4. The molecule has 3 heterocycles. The highest BCUT2D eigenvalue weighted by Gasteiger charge is 2.46. The molecule has 1 spiro atoms. The van der Waals surface area contributed by atoms with Crippen LogP contribution in [0.15, 0.2) is 18.2 Å². The van der Waals surface area contributed by atoms with Crippen LogP contribution >= 0.6 is 0 Å². The minimum absolute atomic E-state index is 0.121. The van der Waals surface area contributed by atoms with Gasteiger partial charge in [-0.15, -0.1) is 0 Å². The fraction of sp³-hybridized carbons (Fsp3) is 0.545. The lowest BCUT2D eigenvalue weighted by Gasteiger charge is -2.30. The minimum atomic E-state index is -0.930. The fourth-order valence-corrected chi connectivity index (χ4v) is 5.12. The number of hydrogen-bond acceptors (Lipinski definition) is 6. The van der Waals surface area contributed by atoms with Gasteiger partial charge in [0, 0.05) is 18.5 Å². The molecule has 1 aromatic carbocycles. The average molecular weight is 410 g/mol. The van der Waals surface area contributed by atoms with Crippen molar-refractivity contribution in [2.75, 3.05) is 13.1 Å². The second-order valence-electron chi connectivity index (χ2n) is 8.98. The van der Waals surface area contributed by atoms with E-state index in [1.165, 1.54) is 19.3 Å². The van der Waals surface area contributed by atoms with E-state index in [-0.39, 0.29) is 18.7 Å². The van der Waals surface area contributed by atoms with Crippen molar-refractivity contribution in [3.8, 4) is 0 Å². The van der Waals surface area contributed by atoms with Crippen LogP contribution in [-0.4, -0.2) is 53.2 Å². The van der Waals surface area contributed by atoms with E-state index in [2.05, 4.69) is 16.0 Å². The summed E-state index contributed by atoms with van der Waals surface area (Å²) in [7, 11) is 0. The highest BCUT2D eigenvalue weighted by molar-refractivity contribution is 6.24. The molecule has 3 aliphatic heterocycles. The highest BCUT2D eigenvalue weighted by atomic mass is 16.2. The maximum absolute atomic E-state index is 13.1. The highest BCUT2D eigenvalue weighted by Crippen LogP contribution is 2.43. The summed E-state index contributed by atoms with van der Waals surface area (Å²) < 4.78 is 0. The van der Waals surface area contributed by atoms with Crippen LogP contribution in [0.25, 0.3) is 0 Å². The molecule has 1 aliphatic carbocycles. The third-order valence-electron chi connectivity index (χ3n) is 6.89.